The summed E-state index contributed by atoms with van der Waals surface area (Å²) in [5.41, 5.74) is 8.82. The second kappa shape index (κ2) is 19.3. The van der Waals surface area contributed by atoms with Crippen LogP contribution in [0.1, 0.15) is 86.2 Å². The fraction of sp³-hybridized carbons (Fsp3) is 0.452. The van der Waals surface area contributed by atoms with Crippen LogP contribution in [0.5, 0.6) is 0 Å². The van der Waals surface area contributed by atoms with Crippen molar-refractivity contribution < 1.29 is 29.0 Å². The van der Waals surface area contributed by atoms with Gasteiger partial charge in [-0.2, -0.15) is 0 Å². The number of benzene rings is 3. The first-order valence-corrected chi connectivity index (χ1v) is 18.9. The summed E-state index contributed by atoms with van der Waals surface area (Å²) < 4.78 is 5.24. The lowest BCUT2D eigenvalue weighted by Crippen LogP contribution is -2.53. The Hall–Kier alpha value is -4.87. The van der Waals surface area contributed by atoms with Crippen molar-refractivity contribution in [3.05, 3.63) is 102 Å². The molecule has 2 amide bonds. The molecule has 1 saturated carbocycles. The Bertz CT molecular complexity index is 1810. The molecular formula is C42H53N5O6. The van der Waals surface area contributed by atoms with Crippen LogP contribution in [0.4, 0.5) is 0 Å². The summed E-state index contributed by atoms with van der Waals surface area (Å²) in [5.74, 6) is -2.90. The highest BCUT2D eigenvalue weighted by molar-refractivity contribution is 6.08. The van der Waals surface area contributed by atoms with E-state index in [9.17, 15) is 24.3 Å². The number of aryl methyl sites for hydroxylation is 1. The molecule has 3 aromatic carbocycles. The number of nitrogens with zero attached hydrogens (tertiary/aromatic N) is 1. The fourth-order valence-electron chi connectivity index (χ4n) is 7.17. The molecule has 4 atom stereocenters. The molecular weight excluding hydrogens is 670 g/mol. The van der Waals surface area contributed by atoms with Crippen LogP contribution >= 0.6 is 0 Å². The van der Waals surface area contributed by atoms with E-state index in [1.54, 1.807) is 13.8 Å². The van der Waals surface area contributed by atoms with Crippen LogP contribution in [0.3, 0.4) is 0 Å². The van der Waals surface area contributed by atoms with Gasteiger partial charge in [0.15, 0.2) is 11.9 Å². The number of H-pyrrole nitrogens is 1. The zero-order valence-corrected chi connectivity index (χ0v) is 30.8. The number of carbonyl (C=O) groups is 4. The van der Waals surface area contributed by atoms with E-state index in [1.165, 1.54) is 6.20 Å². The quantitative estimate of drug-likeness (QED) is 0.0542. The summed E-state index contributed by atoms with van der Waals surface area (Å²) in [4.78, 5) is 60.9. The van der Waals surface area contributed by atoms with Crippen molar-refractivity contribution >= 4 is 34.3 Å². The minimum absolute atomic E-state index is 0.00997. The molecule has 1 heterocycles. The van der Waals surface area contributed by atoms with Crippen LogP contribution < -0.4 is 16.4 Å². The molecule has 0 saturated heterocycles. The first-order chi connectivity index (χ1) is 25.6. The number of imidazole rings is 1. The molecule has 11 nitrogen and oxygen atoms in total. The maximum absolute atomic E-state index is 14.0. The normalized spacial score (nSPS) is 15.7. The van der Waals surface area contributed by atoms with E-state index < -0.39 is 47.9 Å². The molecule has 5 rings (SSSR count). The van der Waals surface area contributed by atoms with E-state index in [1.807, 2.05) is 72.8 Å². The zero-order chi connectivity index (χ0) is 37.7. The Balaban J connectivity index is 1.25. The SMILES string of the molecule is CC(C)OC(=O)[C@@H](O)[C@H](CC1CCCCC1)NC(=O)[C@@H](N)Cc1c[nH]c(C(=O)[C@@H](CCc2cccc3ccccc23)C(=O)NCCc2ccccc2)n1. The molecule has 0 bridgehead atoms. The summed E-state index contributed by atoms with van der Waals surface area (Å²) >= 11 is 0. The van der Waals surface area contributed by atoms with Crippen LogP contribution in [0.25, 0.3) is 10.8 Å². The number of aliphatic hydroxyl groups excluding tert-OH is 1. The number of nitrogens with two attached hydrogens (primary N) is 1. The lowest BCUT2D eigenvalue weighted by atomic mass is 9.83. The zero-order valence-electron chi connectivity index (χ0n) is 30.8. The molecule has 0 radical (unpaired) electrons. The van der Waals surface area contributed by atoms with Crippen LogP contribution in [0.15, 0.2) is 79.0 Å². The number of nitrogens with one attached hydrogen (secondary N) is 3. The number of Topliss-reactive ketones (excluding diaryl/α,β-unsaturated/α-hetero) is 1. The lowest BCUT2D eigenvalue weighted by molar-refractivity contribution is -0.159. The van der Waals surface area contributed by atoms with E-state index in [4.69, 9.17) is 10.5 Å². The summed E-state index contributed by atoms with van der Waals surface area (Å²) in [7, 11) is 0. The van der Waals surface area contributed by atoms with Crippen molar-refractivity contribution in [3.8, 4) is 0 Å². The molecule has 0 aliphatic heterocycles. The van der Waals surface area contributed by atoms with E-state index in [0.717, 1.165) is 54.0 Å². The van der Waals surface area contributed by atoms with Crippen LogP contribution in [0.2, 0.25) is 0 Å². The van der Waals surface area contributed by atoms with Gasteiger partial charge in [-0.05, 0) is 67.3 Å². The summed E-state index contributed by atoms with van der Waals surface area (Å²) in [5, 5.41) is 18.8. The predicted octanol–water partition coefficient (Wildman–Crippen LogP) is 4.99. The topological polar surface area (TPSA) is 176 Å². The Morgan fingerprint density at radius 2 is 1.64 bits per heavy atom. The van der Waals surface area contributed by atoms with Crippen LogP contribution in [-0.2, 0) is 38.4 Å². The van der Waals surface area contributed by atoms with Gasteiger partial charge >= 0.3 is 5.97 Å². The standard InChI is InChI=1S/C42H53N5O6/c1-27(2)53-42(52)38(49)36(24-29-14-7-4-8-15-29)47-41(51)35(43)25-32-26-45-39(46-32)37(48)34(40(50)44-23-22-28-12-5-3-6-13-28)21-20-31-18-11-17-30-16-9-10-19-33(30)31/h3,5-6,9-13,16-19,26-27,29,34-36,38,49H,4,7-8,14-15,20-25,43H2,1-2H3,(H,44,50)(H,45,46)(H,47,51)/t34-,35+,36+,38+/m1/s1. The average molecular weight is 724 g/mol. The second-order valence-electron chi connectivity index (χ2n) is 14.5. The Labute approximate surface area is 311 Å². The monoisotopic (exact) mass is 723 g/mol. The van der Waals surface area contributed by atoms with Gasteiger partial charge in [-0.25, -0.2) is 9.78 Å². The largest absolute Gasteiger partial charge is 0.461 e. The third-order valence-corrected chi connectivity index (χ3v) is 10.0. The van der Waals surface area contributed by atoms with Crippen molar-refractivity contribution in [2.75, 3.05) is 6.54 Å². The van der Waals surface area contributed by atoms with Crippen molar-refractivity contribution in [1.29, 1.82) is 0 Å². The lowest BCUT2D eigenvalue weighted by Gasteiger charge is -2.30. The van der Waals surface area contributed by atoms with Gasteiger partial charge in [-0.15, -0.1) is 0 Å². The minimum Gasteiger partial charge on any atom is -0.461 e. The molecule has 0 unspecified atom stereocenters. The van der Waals surface area contributed by atoms with E-state index in [-0.39, 0.29) is 30.5 Å². The predicted molar refractivity (Wildman–Crippen MR) is 204 cm³/mol. The van der Waals surface area contributed by atoms with E-state index in [2.05, 4.69) is 20.6 Å². The highest BCUT2D eigenvalue weighted by atomic mass is 16.6. The van der Waals surface area contributed by atoms with E-state index in [0.29, 0.717) is 31.5 Å². The average Bonchev–Trinajstić information content (AvgIpc) is 3.63. The molecule has 6 N–H and O–H groups in total. The first kappa shape index (κ1) is 39.3. The Morgan fingerprint density at radius 1 is 0.925 bits per heavy atom. The van der Waals surface area contributed by atoms with Gasteiger partial charge in [0, 0.05) is 19.2 Å². The summed E-state index contributed by atoms with van der Waals surface area (Å²) in [6.45, 7) is 3.77. The van der Waals surface area contributed by atoms with E-state index >= 15 is 0 Å². The molecule has 0 spiro atoms. The number of aromatic amines is 1. The molecule has 53 heavy (non-hydrogen) atoms. The number of hydrogen-bond donors (Lipinski definition) is 5. The molecule has 4 aromatic rings. The molecule has 1 fully saturated rings. The van der Waals surface area contributed by atoms with Crippen molar-refractivity contribution in [2.45, 2.75) is 102 Å². The second-order valence-corrected chi connectivity index (χ2v) is 14.5. The fourth-order valence-corrected chi connectivity index (χ4v) is 7.17. The summed E-state index contributed by atoms with van der Waals surface area (Å²) in [6, 6.07) is 21.9. The number of amides is 2. The van der Waals surface area contributed by atoms with Gasteiger partial charge in [-0.1, -0.05) is 105 Å². The third kappa shape index (κ3) is 11.3. The number of carbonyl (C=O) groups excluding carboxylic acids is 4. The molecule has 282 valence electrons. The van der Waals surface area contributed by atoms with Crippen molar-refractivity contribution in [3.63, 3.8) is 0 Å². The maximum Gasteiger partial charge on any atom is 0.337 e. The summed E-state index contributed by atoms with van der Waals surface area (Å²) in [6.07, 6.45) is 6.59. The number of hydrogen-bond acceptors (Lipinski definition) is 8. The van der Waals surface area contributed by atoms with Gasteiger partial charge in [0.25, 0.3) is 0 Å². The first-order valence-electron chi connectivity index (χ1n) is 18.9. The highest BCUT2D eigenvalue weighted by Gasteiger charge is 2.34. The molecule has 11 heteroatoms. The minimum atomic E-state index is -1.53. The van der Waals surface area contributed by atoms with Crippen LogP contribution in [-0.4, -0.2) is 69.5 Å². The molecule has 1 aromatic heterocycles. The number of ether oxygens (including phenoxy) is 1. The van der Waals surface area contributed by atoms with Gasteiger partial charge in [0.05, 0.1) is 23.9 Å². The number of esters is 1. The Morgan fingerprint density at radius 3 is 2.40 bits per heavy atom. The highest BCUT2D eigenvalue weighted by Crippen LogP contribution is 2.28. The number of aromatic nitrogens is 2. The molecule has 1 aliphatic rings. The van der Waals surface area contributed by atoms with Gasteiger partial charge in [0.2, 0.25) is 17.6 Å². The smallest absolute Gasteiger partial charge is 0.337 e. The van der Waals surface area contributed by atoms with Crippen molar-refractivity contribution in [1.82, 2.24) is 20.6 Å². The van der Waals surface area contributed by atoms with Gasteiger partial charge in [0.1, 0.15) is 5.92 Å². The maximum atomic E-state index is 14.0. The van der Waals surface area contributed by atoms with Crippen molar-refractivity contribution in [2.24, 2.45) is 17.6 Å². The number of ketones is 1. The number of fused-ring (bicyclic) bond motifs is 1. The van der Waals surface area contributed by atoms with Crippen LogP contribution in [0, 0.1) is 11.8 Å². The van der Waals surface area contributed by atoms with Gasteiger partial charge in [-0.3, -0.25) is 14.4 Å². The number of rotatable bonds is 18. The third-order valence-electron chi connectivity index (χ3n) is 10.0. The Kier molecular flexibility index (Phi) is 14.3. The number of aliphatic hydroxyl groups is 1. The molecule has 1 aliphatic carbocycles. The van der Waals surface area contributed by atoms with Gasteiger partial charge < -0.3 is 31.2 Å².